The van der Waals surface area contributed by atoms with Crippen molar-refractivity contribution in [3.8, 4) is 5.88 Å². The minimum atomic E-state index is -5.03. The summed E-state index contributed by atoms with van der Waals surface area (Å²) >= 11 is 0. The van der Waals surface area contributed by atoms with E-state index in [0.717, 1.165) is 6.07 Å². The topological polar surface area (TPSA) is 62.3 Å². The average molecular weight is 241 g/mol. The third-order valence-electron chi connectivity index (χ3n) is 1.67. The zero-order chi connectivity index (χ0) is 12.3. The molecule has 1 aromatic heterocycles. The van der Waals surface area contributed by atoms with Crippen LogP contribution >= 0.6 is 0 Å². The molecule has 0 aliphatic carbocycles. The number of pyridine rings is 1. The van der Waals surface area contributed by atoms with Crippen LogP contribution in [0.25, 0.3) is 0 Å². The van der Waals surface area contributed by atoms with Gasteiger partial charge in [0.15, 0.2) is 5.43 Å². The Labute approximate surface area is 86.5 Å². The Hall–Kier alpha value is -1.57. The summed E-state index contributed by atoms with van der Waals surface area (Å²) in [5.41, 5.74) is -1.89. The van der Waals surface area contributed by atoms with Crippen molar-refractivity contribution >= 4 is 0 Å². The maximum Gasteiger partial charge on any atom is 0.574 e. The molecule has 2 N–H and O–H groups in total. The van der Waals surface area contributed by atoms with E-state index in [4.69, 9.17) is 5.11 Å². The molecule has 90 valence electrons. The third-order valence-corrected chi connectivity index (χ3v) is 1.67. The van der Waals surface area contributed by atoms with Crippen LogP contribution in [0.2, 0.25) is 0 Å². The van der Waals surface area contributed by atoms with Crippen LogP contribution in [-0.4, -0.2) is 16.5 Å². The Kier molecular flexibility index (Phi) is 3.53. The lowest BCUT2D eigenvalue weighted by Gasteiger charge is -2.12. The molecule has 1 heterocycles. The van der Waals surface area contributed by atoms with Crippen molar-refractivity contribution in [2.24, 2.45) is 0 Å². The molecule has 0 saturated heterocycles. The van der Waals surface area contributed by atoms with Crippen LogP contribution in [0.4, 0.5) is 17.6 Å². The molecule has 0 radical (unpaired) electrons. The second kappa shape index (κ2) is 4.52. The van der Waals surface area contributed by atoms with E-state index >= 15 is 0 Å². The Bertz CT molecular complexity index is 426. The number of hydrogen-bond acceptors (Lipinski definition) is 3. The molecule has 1 aromatic rings. The number of aromatic nitrogens is 1. The number of aromatic amines is 1. The Morgan fingerprint density at radius 1 is 1.44 bits per heavy atom. The summed E-state index contributed by atoms with van der Waals surface area (Å²) in [6, 6.07) is 0.759. The van der Waals surface area contributed by atoms with E-state index in [2.05, 4.69) is 4.74 Å². The number of rotatable bonds is 3. The summed E-state index contributed by atoms with van der Waals surface area (Å²) in [6.45, 7) is -2.08. The van der Waals surface area contributed by atoms with Gasteiger partial charge in [0.25, 0.3) is 0 Å². The highest BCUT2D eigenvalue weighted by atomic mass is 19.4. The lowest BCUT2D eigenvalue weighted by atomic mass is 10.2. The normalized spacial score (nSPS) is 11.6. The van der Waals surface area contributed by atoms with E-state index in [-0.39, 0.29) is 5.69 Å². The van der Waals surface area contributed by atoms with Crippen molar-refractivity contribution in [2.75, 3.05) is 0 Å². The van der Waals surface area contributed by atoms with Gasteiger partial charge in [-0.05, 0) is 0 Å². The molecule has 0 aliphatic rings. The van der Waals surface area contributed by atoms with Gasteiger partial charge in [-0.3, -0.25) is 4.79 Å². The first-order valence-electron chi connectivity index (χ1n) is 4.05. The van der Waals surface area contributed by atoms with Crippen LogP contribution in [0.3, 0.4) is 0 Å². The predicted molar refractivity (Wildman–Crippen MR) is 44.5 cm³/mol. The number of H-pyrrole nitrogens is 1. The first-order valence-corrected chi connectivity index (χ1v) is 4.05. The molecule has 0 aromatic carbocycles. The minimum absolute atomic E-state index is 0.360. The van der Waals surface area contributed by atoms with Crippen molar-refractivity contribution in [1.82, 2.24) is 4.98 Å². The smallest absolute Gasteiger partial charge is 0.391 e. The molecule has 0 amide bonds. The first-order chi connectivity index (χ1) is 7.37. The molecule has 0 saturated carbocycles. The SMILES string of the molecule is O=c1cc(CF)[nH]c(OC(F)(F)F)c1CO. The molecule has 0 unspecified atom stereocenters. The van der Waals surface area contributed by atoms with Gasteiger partial charge in [-0.25, -0.2) is 4.39 Å². The van der Waals surface area contributed by atoms with Crippen LogP contribution in [0.1, 0.15) is 11.3 Å². The fourth-order valence-corrected chi connectivity index (χ4v) is 1.04. The molecule has 0 spiro atoms. The molecule has 1 rings (SSSR count). The number of hydrogen-bond donors (Lipinski definition) is 2. The molecular weight excluding hydrogens is 234 g/mol. The Balaban J connectivity index is 3.23. The Morgan fingerprint density at radius 3 is 2.50 bits per heavy atom. The monoisotopic (exact) mass is 241 g/mol. The van der Waals surface area contributed by atoms with Gasteiger partial charge in [-0.1, -0.05) is 0 Å². The van der Waals surface area contributed by atoms with Gasteiger partial charge in [0.1, 0.15) is 6.67 Å². The average Bonchev–Trinajstić information content (AvgIpc) is 2.14. The summed E-state index contributed by atoms with van der Waals surface area (Å²) in [7, 11) is 0. The van der Waals surface area contributed by atoms with Gasteiger partial charge in [-0.2, -0.15) is 0 Å². The highest BCUT2D eigenvalue weighted by molar-refractivity contribution is 5.27. The number of aliphatic hydroxyl groups is 1. The van der Waals surface area contributed by atoms with Gasteiger partial charge in [0, 0.05) is 6.07 Å². The maximum absolute atomic E-state index is 12.2. The zero-order valence-electron chi connectivity index (χ0n) is 7.77. The van der Waals surface area contributed by atoms with Gasteiger partial charge < -0.3 is 14.8 Å². The molecule has 16 heavy (non-hydrogen) atoms. The standard InChI is InChI=1S/C8H7F4NO3/c9-2-4-1-6(15)5(3-14)7(13-4)16-8(10,11)12/h1,14H,2-3H2,(H,13,15). The van der Waals surface area contributed by atoms with Crippen molar-refractivity contribution in [3.63, 3.8) is 0 Å². The summed E-state index contributed by atoms with van der Waals surface area (Å²) in [5.74, 6) is -0.991. The van der Waals surface area contributed by atoms with E-state index in [1.807, 2.05) is 4.98 Å². The van der Waals surface area contributed by atoms with Crippen molar-refractivity contribution in [1.29, 1.82) is 0 Å². The van der Waals surface area contributed by atoms with E-state index in [1.165, 1.54) is 0 Å². The Morgan fingerprint density at radius 2 is 2.06 bits per heavy atom. The fraction of sp³-hybridized carbons (Fsp3) is 0.375. The third kappa shape index (κ3) is 2.96. The van der Waals surface area contributed by atoms with Crippen LogP contribution in [-0.2, 0) is 13.3 Å². The van der Waals surface area contributed by atoms with Gasteiger partial charge in [0.05, 0.1) is 17.9 Å². The molecule has 8 heteroatoms. The molecule has 0 bridgehead atoms. The highest BCUT2D eigenvalue weighted by Crippen LogP contribution is 2.23. The minimum Gasteiger partial charge on any atom is -0.391 e. The summed E-state index contributed by atoms with van der Waals surface area (Å²) < 4.78 is 51.4. The van der Waals surface area contributed by atoms with Crippen molar-refractivity contribution in [2.45, 2.75) is 19.6 Å². The maximum atomic E-state index is 12.2. The van der Waals surface area contributed by atoms with Crippen LogP contribution < -0.4 is 10.2 Å². The van der Waals surface area contributed by atoms with Gasteiger partial charge >= 0.3 is 6.36 Å². The number of ether oxygens (including phenoxy) is 1. The lowest BCUT2D eigenvalue weighted by molar-refractivity contribution is -0.276. The highest BCUT2D eigenvalue weighted by Gasteiger charge is 2.33. The molecular formula is C8H7F4NO3. The fourth-order valence-electron chi connectivity index (χ4n) is 1.04. The largest absolute Gasteiger partial charge is 0.574 e. The van der Waals surface area contributed by atoms with Gasteiger partial charge in [0.2, 0.25) is 5.88 Å². The first kappa shape index (κ1) is 12.5. The molecule has 0 fully saturated rings. The zero-order valence-corrected chi connectivity index (χ0v) is 7.77. The van der Waals surface area contributed by atoms with E-state index in [9.17, 15) is 22.4 Å². The van der Waals surface area contributed by atoms with E-state index in [1.54, 1.807) is 0 Å². The second-order valence-corrected chi connectivity index (χ2v) is 2.81. The summed E-state index contributed by atoms with van der Waals surface area (Å²) in [4.78, 5) is 13.1. The van der Waals surface area contributed by atoms with E-state index in [0.29, 0.717) is 0 Å². The number of aliphatic hydroxyl groups excluding tert-OH is 1. The summed E-state index contributed by atoms with van der Waals surface area (Å²) in [5, 5.41) is 8.70. The van der Waals surface area contributed by atoms with Crippen LogP contribution in [0.5, 0.6) is 5.88 Å². The molecule has 0 atom stereocenters. The molecule has 0 aliphatic heterocycles. The number of halogens is 4. The van der Waals surface area contributed by atoms with Crippen LogP contribution in [0.15, 0.2) is 10.9 Å². The van der Waals surface area contributed by atoms with Crippen LogP contribution in [0, 0.1) is 0 Å². The second-order valence-electron chi connectivity index (χ2n) is 2.81. The van der Waals surface area contributed by atoms with Crippen molar-refractivity contribution in [3.05, 3.63) is 27.5 Å². The van der Waals surface area contributed by atoms with E-state index < -0.39 is 36.5 Å². The quantitative estimate of drug-likeness (QED) is 0.782. The number of nitrogens with one attached hydrogen (secondary N) is 1. The number of alkyl halides is 4. The lowest BCUT2D eigenvalue weighted by Crippen LogP contribution is -2.22. The summed E-state index contributed by atoms with van der Waals surface area (Å²) in [6.07, 6.45) is -5.03. The van der Waals surface area contributed by atoms with Gasteiger partial charge in [-0.15, -0.1) is 13.2 Å². The van der Waals surface area contributed by atoms with Crippen molar-refractivity contribution < 1.29 is 27.4 Å². The molecule has 4 nitrogen and oxygen atoms in total. The predicted octanol–water partition coefficient (Wildman–Crippen LogP) is 1.24.